The van der Waals surface area contributed by atoms with Gasteiger partial charge >= 0.3 is 0 Å². The normalized spacial score (nSPS) is 18.8. The molecule has 8 heteroatoms. The van der Waals surface area contributed by atoms with Gasteiger partial charge in [0.1, 0.15) is 17.5 Å². The lowest BCUT2D eigenvalue weighted by Gasteiger charge is -2.38. The number of aromatic amines is 1. The molecule has 2 aliphatic rings. The smallest absolute Gasteiger partial charge is 0.257 e. The summed E-state index contributed by atoms with van der Waals surface area (Å²) < 4.78 is 27.2. The summed E-state index contributed by atoms with van der Waals surface area (Å²) in [6.45, 7) is 4.06. The van der Waals surface area contributed by atoms with Crippen LogP contribution in [-0.4, -0.2) is 15.8 Å². The number of hydrogen-bond acceptors (Lipinski definition) is 5. The number of nitrogens with zero attached hydrogens (tertiary/aromatic N) is 1. The first-order chi connectivity index (χ1) is 16.2. The summed E-state index contributed by atoms with van der Waals surface area (Å²) in [5.41, 5.74) is 2.48. The Kier molecular flexibility index (Phi) is 5.64. The quantitative estimate of drug-likeness (QED) is 0.380. The van der Waals surface area contributed by atoms with Crippen LogP contribution in [0.5, 0.6) is 0 Å². The molecule has 2 aromatic carbocycles. The number of H-pyrrole nitrogens is 1. The fourth-order valence-electron chi connectivity index (χ4n) is 4.73. The van der Waals surface area contributed by atoms with Crippen molar-refractivity contribution in [2.24, 2.45) is 5.41 Å². The highest BCUT2D eigenvalue weighted by Gasteiger charge is 2.42. The number of Topliss-reactive ketones (excluding diaryl/α,β-unsaturated/α-hetero) is 1. The molecule has 0 radical (unpaired) electrons. The number of nitrogens with one attached hydrogen (secondary N) is 2. The third-order valence-corrected chi connectivity index (χ3v) is 7.11. The lowest BCUT2D eigenvalue weighted by Crippen LogP contribution is -2.37. The SMILES string of the molecule is CC1(C)CC(=O)C2=C(C1)Nc1nc(SCc3cccc(F)c3)[nH]c(=O)c1[C@@H]2c1ccc(F)cc1. The molecule has 0 amide bonds. The Morgan fingerprint density at radius 1 is 1.06 bits per heavy atom. The lowest BCUT2D eigenvalue weighted by atomic mass is 9.69. The second-order valence-electron chi connectivity index (χ2n) is 9.49. The van der Waals surface area contributed by atoms with Crippen molar-refractivity contribution in [1.82, 2.24) is 9.97 Å². The minimum absolute atomic E-state index is 0.0253. The largest absolute Gasteiger partial charge is 0.343 e. The number of anilines is 1. The molecule has 2 heterocycles. The van der Waals surface area contributed by atoms with E-state index in [9.17, 15) is 18.4 Å². The average molecular weight is 480 g/mol. The number of carbonyl (C=O) groups excluding carboxylic acids is 1. The van der Waals surface area contributed by atoms with E-state index in [1.165, 1.54) is 36.0 Å². The first kappa shape index (κ1) is 22.5. The molecule has 5 rings (SSSR count). The fourth-order valence-corrected chi connectivity index (χ4v) is 5.53. The van der Waals surface area contributed by atoms with Crippen LogP contribution in [0, 0.1) is 17.0 Å². The van der Waals surface area contributed by atoms with E-state index < -0.39 is 5.92 Å². The summed E-state index contributed by atoms with van der Waals surface area (Å²) in [6, 6.07) is 12.2. The van der Waals surface area contributed by atoms with Crippen LogP contribution in [0.2, 0.25) is 0 Å². The second-order valence-corrected chi connectivity index (χ2v) is 10.5. The van der Waals surface area contributed by atoms with Gasteiger partial charge in [-0.3, -0.25) is 9.59 Å². The van der Waals surface area contributed by atoms with Gasteiger partial charge in [0.15, 0.2) is 10.9 Å². The van der Waals surface area contributed by atoms with Crippen molar-refractivity contribution in [3.8, 4) is 0 Å². The standard InChI is InChI=1S/C26H23F2N3O2S/c1-26(2)11-18-21(19(32)12-26)20(15-6-8-16(27)9-7-15)22-23(29-18)30-25(31-24(22)33)34-13-14-4-3-5-17(28)10-14/h3-10,20H,11-13H2,1-2H3,(H2,29,30,31,33)/t20-/m1/s1. The first-order valence-corrected chi connectivity index (χ1v) is 12.0. The van der Waals surface area contributed by atoms with Gasteiger partial charge in [0.25, 0.3) is 5.56 Å². The van der Waals surface area contributed by atoms with Gasteiger partial charge in [-0.25, -0.2) is 13.8 Å². The molecule has 0 saturated carbocycles. The number of allylic oxidation sites excluding steroid dienone is 2. The summed E-state index contributed by atoms with van der Waals surface area (Å²) in [7, 11) is 0. The maximum Gasteiger partial charge on any atom is 0.257 e. The topological polar surface area (TPSA) is 74.8 Å². The number of rotatable bonds is 4. The molecule has 3 aromatic rings. The Morgan fingerprint density at radius 3 is 2.56 bits per heavy atom. The van der Waals surface area contributed by atoms with Gasteiger partial charge in [-0.05, 0) is 47.2 Å². The van der Waals surface area contributed by atoms with Gasteiger partial charge in [0.05, 0.1) is 5.56 Å². The summed E-state index contributed by atoms with van der Waals surface area (Å²) in [4.78, 5) is 34.0. The zero-order chi connectivity index (χ0) is 24.0. The maximum absolute atomic E-state index is 13.6. The number of halogens is 2. The Balaban J connectivity index is 1.58. The van der Waals surface area contributed by atoms with Crippen LogP contribution in [-0.2, 0) is 10.5 Å². The molecule has 34 heavy (non-hydrogen) atoms. The van der Waals surface area contributed by atoms with Crippen LogP contribution < -0.4 is 10.9 Å². The Hall–Kier alpha value is -3.26. The summed E-state index contributed by atoms with van der Waals surface area (Å²) in [5, 5.41) is 3.66. The average Bonchev–Trinajstić information content (AvgIpc) is 2.76. The molecule has 0 bridgehead atoms. The molecule has 0 saturated heterocycles. The predicted octanol–water partition coefficient (Wildman–Crippen LogP) is 5.54. The number of fused-ring (bicyclic) bond motifs is 1. The van der Waals surface area contributed by atoms with E-state index in [-0.39, 0.29) is 28.4 Å². The van der Waals surface area contributed by atoms with Crippen molar-refractivity contribution >= 4 is 23.4 Å². The minimum atomic E-state index is -0.631. The molecule has 1 aliphatic carbocycles. The van der Waals surface area contributed by atoms with Gasteiger partial charge in [0, 0.05) is 29.4 Å². The van der Waals surface area contributed by atoms with Crippen LogP contribution in [0.1, 0.15) is 49.3 Å². The van der Waals surface area contributed by atoms with Crippen LogP contribution in [0.15, 0.2) is 69.8 Å². The second kappa shape index (κ2) is 8.51. The molecule has 5 nitrogen and oxygen atoms in total. The van der Waals surface area contributed by atoms with E-state index in [1.807, 2.05) is 19.9 Å². The summed E-state index contributed by atoms with van der Waals surface area (Å²) >= 11 is 1.29. The van der Waals surface area contributed by atoms with E-state index in [1.54, 1.807) is 18.2 Å². The first-order valence-electron chi connectivity index (χ1n) is 11.0. The molecule has 0 spiro atoms. The molecular weight excluding hydrogens is 456 g/mol. The van der Waals surface area contributed by atoms with Crippen molar-refractivity contribution in [1.29, 1.82) is 0 Å². The van der Waals surface area contributed by atoms with Crippen LogP contribution in [0.25, 0.3) is 0 Å². The lowest BCUT2D eigenvalue weighted by molar-refractivity contribution is -0.118. The van der Waals surface area contributed by atoms with E-state index in [2.05, 4.69) is 15.3 Å². The number of carbonyl (C=O) groups is 1. The van der Waals surface area contributed by atoms with E-state index >= 15 is 0 Å². The molecular formula is C26H23F2N3O2S. The number of ketones is 1. The van der Waals surface area contributed by atoms with Crippen LogP contribution in [0.4, 0.5) is 14.6 Å². The van der Waals surface area contributed by atoms with Gasteiger partial charge in [0.2, 0.25) is 0 Å². The highest BCUT2D eigenvalue weighted by Crippen LogP contribution is 2.47. The zero-order valence-electron chi connectivity index (χ0n) is 18.7. The van der Waals surface area contributed by atoms with Gasteiger partial charge in [-0.15, -0.1) is 0 Å². The van der Waals surface area contributed by atoms with Crippen molar-refractivity contribution < 1.29 is 13.6 Å². The van der Waals surface area contributed by atoms with Crippen LogP contribution in [0.3, 0.4) is 0 Å². The molecule has 1 aromatic heterocycles. The van der Waals surface area contributed by atoms with Crippen molar-refractivity contribution in [3.63, 3.8) is 0 Å². The summed E-state index contributed by atoms with van der Waals surface area (Å²) in [5.74, 6) is -0.543. The predicted molar refractivity (Wildman–Crippen MR) is 128 cm³/mol. The Labute approximate surface area is 199 Å². The maximum atomic E-state index is 13.6. The monoisotopic (exact) mass is 479 g/mol. The number of thioether (sulfide) groups is 1. The molecule has 1 aliphatic heterocycles. The van der Waals surface area contributed by atoms with Crippen LogP contribution >= 0.6 is 11.8 Å². The summed E-state index contributed by atoms with van der Waals surface area (Å²) in [6.07, 6.45) is 0.999. The van der Waals surface area contributed by atoms with E-state index in [0.29, 0.717) is 46.3 Å². The third-order valence-electron chi connectivity index (χ3n) is 6.17. The molecule has 0 fully saturated rings. The molecule has 174 valence electrons. The van der Waals surface area contributed by atoms with E-state index in [0.717, 1.165) is 11.3 Å². The molecule has 2 N–H and O–H groups in total. The zero-order valence-corrected chi connectivity index (χ0v) is 19.6. The number of benzene rings is 2. The van der Waals surface area contributed by atoms with Gasteiger partial charge in [-0.1, -0.05) is 49.9 Å². The van der Waals surface area contributed by atoms with Gasteiger partial charge < -0.3 is 10.3 Å². The molecule has 0 unspecified atom stereocenters. The van der Waals surface area contributed by atoms with Gasteiger partial charge in [-0.2, -0.15) is 0 Å². The Morgan fingerprint density at radius 2 is 1.82 bits per heavy atom. The highest BCUT2D eigenvalue weighted by molar-refractivity contribution is 7.98. The number of aromatic nitrogens is 2. The third kappa shape index (κ3) is 4.30. The number of hydrogen-bond donors (Lipinski definition) is 2. The highest BCUT2D eigenvalue weighted by atomic mass is 32.2. The van der Waals surface area contributed by atoms with Crippen molar-refractivity contribution in [2.45, 2.75) is 43.5 Å². The van der Waals surface area contributed by atoms with Crippen molar-refractivity contribution in [3.05, 3.63) is 98.5 Å². The fraction of sp³-hybridized carbons (Fsp3) is 0.269. The molecule has 1 atom stereocenters. The Bertz CT molecular complexity index is 1380. The minimum Gasteiger partial charge on any atom is -0.343 e. The van der Waals surface area contributed by atoms with E-state index in [4.69, 9.17) is 0 Å². The van der Waals surface area contributed by atoms with Crippen molar-refractivity contribution in [2.75, 3.05) is 5.32 Å².